The van der Waals surface area contributed by atoms with Crippen molar-refractivity contribution < 1.29 is 18.7 Å². The zero-order valence-corrected chi connectivity index (χ0v) is 12.5. The Kier molecular flexibility index (Phi) is 4.95. The van der Waals surface area contributed by atoms with E-state index in [-0.39, 0.29) is 13.2 Å². The highest BCUT2D eigenvalue weighted by Crippen LogP contribution is 2.59. The second-order valence-electron chi connectivity index (χ2n) is 4.36. The molecule has 20 heavy (non-hydrogen) atoms. The number of hydrogen-bond acceptors (Lipinski definition) is 4. The molecular formula is C15H19O4P. The van der Waals surface area contributed by atoms with Crippen molar-refractivity contribution in [2.75, 3.05) is 13.2 Å². The predicted octanol–water partition coefficient (Wildman–Crippen LogP) is 4.10. The van der Waals surface area contributed by atoms with E-state index in [0.717, 1.165) is 10.8 Å². The summed E-state index contributed by atoms with van der Waals surface area (Å²) in [6.07, 6.45) is 0. The molecule has 0 spiro atoms. The lowest BCUT2D eigenvalue weighted by Gasteiger charge is -2.22. The van der Waals surface area contributed by atoms with Crippen LogP contribution < -0.4 is 0 Å². The molecule has 0 aliphatic heterocycles. The largest absolute Gasteiger partial charge is 0.376 e. The topological polar surface area (TPSA) is 55.8 Å². The fourth-order valence-electron chi connectivity index (χ4n) is 2.09. The van der Waals surface area contributed by atoms with Crippen molar-refractivity contribution in [1.29, 1.82) is 0 Å². The third-order valence-electron chi connectivity index (χ3n) is 2.99. The molecule has 0 radical (unpaired) electrons. The van der Waals surface area contributed by atoms with Gasteiger partial charge in [-0.05, 0) is 36.2 Å². The number of benzene rings is 2. The van der Waals surface area contributed by atoms with Crippen LogP contribution >= 0.6 is 7.60 Å². The maximum atomic E-state index is 12.6. The highest BCUT2D eigenvalue weighted by molar-refractivity contribution is 7.54. The van der Waals surface area contributed by atoms with Crippen LogP contribution in [0.3, 0.4) is 0 Å². The minimum absolute atomic E-state index is 0.224. The Hall–Kier alpha value is -1.19. The normalized spacial score (nSPS) is 13.6. The first-order valence-corrected chi connectivity index (χ1v) is 8.27. The summed E-state index contributed by atoms with van der Waals surface area (Å²) in [5, 5.41) is 12.4. The smallest absolute Gasteiger partial charge is 0.363 e. The summed E-state index contributed by atoms with van der Waals surface area (Å²) in [5.74, 6) is -1.27. The Bertz CT molecular complexity index is 616. The number of hydrogen-bond donors (Lipinski definition) is 1. The van der Waals surface area contributed by atoms with Gasteiger partial charge in [-0.25, -0.2) is 0 Å². The SMILES string of the molecule is CCOP(=O)(OCC)C(O)c1ccc2ccccc2c1. The molecule has 2 rings (SSSR count). The Labute approximate surface area is 118 Å². The second-order valence-corrected chi connectivity index (χ2v) is 6.44. The van der Waals surface area contributed by atoms with E-state index in [4.69, 9.17) is 9.05 Å². The first-order valence-electron chi connectivity index (χ1n) is 6.66. The molecule has 1 unspecified atom stereocenters. The third kappa shape index (κ3) is 3.10. The van der Waals surface area contributed by atoms with Gasteiger partial charge < -0.3 is 14.2 Å². The molecule has 0 aromatic heterocycles. The molecule has 0 heterocycles. The summed E-state index contributed by atoms with van der Waals surface area (Å²) >= 11 is 0. The molecule has 1 N–H and O–H groups in total. The maximum Gasteiger partial charge on any atom is 0.363 e. The van der Waals surface area contributed by atoms with Crippen LogP contribution in [0.4, 0.5) is 0 Å². The van der Waals surface area contributed by atoms with Gasteiger partial charge in [-0.1, -0.05) is 36.4 Å². The van der Waals surface area contributed by atoms with Crippen molar-refractivity contribution >= 4 is 18.4 Å². The number of aliphatic hydroxyl groups is 1. The average Bonchev–Trinajstić information content (AvgIpc) is 2.46. The van der Waals surface area contributed by atoms with Crippen molar-refractivity contribution in [3.05, 3.63) is 48.0 Å². The summed E-state index contributed by atoms with van der Waals surface area (Å²) in [4.78, 5) is 0. The van der Waals surface area contributed by atoms with Gasteiger partial charge in [0, 0.05) is 0 Å². The van der Waals surface area contributed by atoms with E-state index in [1.165, 1.54) is 0 Å². The zero-order valence-electron chi connectivity index (χ0n) is 11.7. The minimum atomic E-state index is -3.55. The quantitative estimate of drug-likeness (QED) is 0.815. The number of aliphatic hydroxyl groups excluding tert-OH is 1. The van der Waals surface area contributed by atoms with Crippen LogP contribution in [0.2, 0.25) is 0 Å². The molecule has 0 aliphatic carbocycles. The fraction of sp³-hybridized carbons (Fsp3) is 0.333. The average molecular weight is 294 g/mol. The van der Waals surface area contributed by atoms with Gasteiger partial charge in [0.05, 0.1) is 13.2 Å². The molecule has 2 aromatic rings. The van der Waals surface area contributed by atoms with Crippen molar-refractivity contribution in [2.24, 2.45) is 0 Å². The molecule has 0 aliphatic rings. The monoisotopic (exact) mass is 294 g/mol. The van der Waals surface area contributed by atoms with E-state index < -0.39 is 13.4 Å². The van der Waals surface area contributed by atoms with Crippen molar-refractivity contribution in [2.45, 2.75) is 19.7 Å². The lowest BCUT2D eigenvalue weighted by atomic mass is 10.1. The van der Waals surface area contributed by atoms with Gasteiger partial charge in [-0.15, -0.1) is 0 Å². The van der Waals surface area contributed by atoms with Crippen LogP contribution in [0, 0.1) is 0 Å². The van der Waals surface area contributed by atoms with E-state index in [2.05, 4.69) is 0 Å². The third-order valence-corrected chi connectivity index (χ3v) is 5.12. The van der Waals surface area contributed by atoms with Gasteiger partial charge in [0.15, 0.2) is 5.85 Å². The van der Waals surface area contributed by atoms with Crippen LogP contribution in [0.5, 0.6) is 0 Å². The Morgan fingerprint density at radius 2 is 1.65 bits per heavy atom. The maximum absolute atomic E-state index is 12.6. The van der Waals surface area contributed by atoms with Crippen LogP contribution in [-0.2, 0) is 13.6 Å². The van der Waals surface area contributed by atoms with Gasteiger partial charge in [-0.3, -0.25) is 4.57 Å². The lowest BCUT2D eigenvalue weighted by molar-refractivity contribution is 0.150. The molecule has 0 saturated heterocycles. The molecule has 0 bridgehead atoms. The molecule has 0 fully saturated rings. The van der Waals surface area contributed by atoms with E-state index in [1.807, 2.05) is 36.4 Å². The predicted molar refractivity (Wildman–Crippen MR) is 79.8 cm³/mol. The van der Waals surface area contributed by atoms with Gasteiger partial charge in [0.1, 0.15) is 0 Å². The molecule has 0 amide bonds. The van der Waals surface area contributed by atoms with E-state index in [1.54, 1.807) is 19.9 Å². The molecule has 1 atom stereocenters. The molecule has 2 aromatic carbocycles. The fourth-order valence-corrected chi connectivity index (χ4v) is 3.69. The summed E-state index contributed by atoms with van der Waals surface area (Å²) in [7, 11) is -3.55. The molecule has 108 valence electrons. The molecular weight excluding hydrogens is 275 g/mol. The molecule has 4 nitrogen and oxygen atoms in total. The minimum Gasteiger partial charge on any atom is -0.376 e. The first kappa shape index (κ1) is 15.2. The highest BCUT2D eigenvalue weighted by Gasteiger charge is 2.35. The van der Waals surface area contributed by atoms with E-state index in [0.29, 0.717) is 5.56 Å². The second kappa shape index (κ2) is 6.51. The van der Waals surface area contributed by atoms with Gasteiger partial charge in [0.2, 0.25) is 0 Å². The summed E-state index contributed by atoms with van der Waals surface area (Å²) in [6, 6.07) is 13.2. The molecule has 0 saturated carbocycles. The lowest BCUT2D eigenvalue weighted by Crippen LogP contribution is -2.06. The van der Waals surface area contributed by atoms with E-state index >= 15 is 0 Å². The van der Waals surface area contributed by atoms with Gasteiger partial charge in [-0.2, -0.15) is 0 Å². The number of rotatable bonds is 6. The summed E-state index contributed by atoms with van der Waals surface area (Å²) in [6.45, 7) is 3.89. The highest BCUT2D eigenvalue weighted by atomic mass is 31.2. The van der Waals surface area contributed by atoms with E-state index in [9.17, 15) is 9.67 Å². The van der Waals surface area contributed by atoms with Crippen LogP contribution in [0.15, 0.2) is 42.5 Å². The van der Waals surface area contributed by atoms with Crippen LogP contribution in [-0.4, -0.2) is 18.3 Å². The van der Waals surface area contributed by atoms with Crippen molar-refractivity contribution in [1.82, 2.24) is 0 Å². The van der Waals surface area contributed by atoms with Crippen LogP contribution in [0.1, 0.15) is 25.3 Å². The van der Waals surface area contributed by atoms with Crippen LogP contribution in [0.25, 0.3) is 10.8 Å². The Morgan fingerprint density at radius 3 is 2.25 bits per heavy atom. The zero-order chi connectivity index (χ0) is 14.6. The standard InChI is InChI=1S/C15H19O4P/c1-3-18-20(17,19-4-2)15(16)14-10-9-12-7-5-6-8-13(12)11-14/h5-11,15-16H,3-4H2,1-2H3. The first-order chi connectivity index (χ1) is 9.60. The van der Waals surface area contributed by atoms with Gasteiger partial charge in [0.25, 0.3) is 0 Å². The van der Waals surface area contributed by atoms with Crippen molar-refractivity contribution in [3.8, 4) is 0 Å². The molecule has 5 heteroatoms. The number of fused-ring (bicyclic) bond motifs is 1. The summed E-state index contributed by atoms with van der Waals surface area (Å²) in [5.41, 5.74) is 0.536. The Balaban J connectivity index is 2.38. The Morgan fingerprint density at radius 1 is 1.05 bits per heavy atom. The van der Waals surface area contributed by atoms with Gasteiger partial charge >= 0.3 is 7.60 Å². The summed E-state index contributed by atoms with van der Waals surface area (Å²) < 4.78 is 22.9. The van der Waals surface area contributed by atoms with Crippen molar-refractivity contribution in [3.63, 3.8) is 0 Å².